The molecule has 126 valence electrons. The maximum Gasteiger partial charge on any atom is 0.256 e. The molecule has 0 unspecified atom stereocenters. The third-order valence-electron chi connectivity index (χ3n) is 5.14. The number of hydrogen-bond donors (Lipinski definition) is 1. The van der Waals surface area contributed by atoms with E-state index in [4.69, 9.17) is 0 Å². The Morgan fingerprint density at radius 3 is 2.83 bits per heavy atom. The summed E-state index contributed by atoms with van der Waals surface area (Å²) in [5, 5.41) is 10.6. The molecule has 2 aromatic rings. The van der Waals surface area contributed by atoms with Gasteiger partial charge in [0.1, 0.15) is 17.6 Å². The average molecular weight is 327 g/mol. The number of para-hydroxylation sites is 1. The second-order valence-electron chi connectivity index (χ2n) is 6.71. The van der Waals surface area contributed by atoms with E-state index in [9.17, 15) is 9.59 Å². The lowest BCUT2D eigenvalue weighted by molar-refractivity contribution is -0.135. The number of nitrogens with one attached hydrogen (secondary N) is 1. The Morgan fingerprint density at radius 2 is 2.04 bits per heavy atom. The first-order valence-corrected chi connectivity index (χ1v) is 8.59. The first-order valence-electron chi connectivity index (χ1n) is 8.59. The van der Waals surface area contributed by atoms with Crippen molar-refractivity contribution in [3.63, 3.8) is 0 Å². The quantitative estimate of drug-likeness (QED) is 0.924. The summed E-state index contributed by atoms with van der Waals surface area (Å²) in [5.74, 6) is 0.539. The van der Waals surface area contributed by atoms with E-state index in [-0.39, 0.29) is 18.4 Å². The van der Waals surface area contributed by atoms with Gasteiger partial charge in [-0.05, 0) is 30.9 Å². The average Bonchev–Trinajstić information content (AvgIpc) is 3.26. The zero-order valence-corrected chi connectivity index (χ0v) is 13.6. The van der Waals surface area contributed by atoms with E-state index >= 15 is 0 Å². The fraction of sp³-hybridized carbons (Fsp3) is 0.529. The largest absolute Gasteiger partial charge is 0.339 e. The molecule has 1 saturated carbocycles. The lowest BCUT2D eigenvalue weighted by atomic mass is 10.1. The third kappa shape index (κ3) is 2.74. The Labute approximate surface area is 140 Å². The fourth-order valence-corrected chi connectivity index (χ4v) is 3.79. The molecule has 0 bridgehead atoms. The van der Waals surface area contributed by atoms with E-state index in [1.165, 1.54) is 25.7 Å². The molecule has 0 radical (unpaired) electrons. The van der Waals surface area contributed by atoms with Crippen molar-refractivity contribution in [1.29, 1.82) is 0 Å². The highest BCUT2D eigenvalue weighted by Gasteiger charge is 2.30. The number of nitrogens with zero attached hydrogens (tertiary/aromatic N) is 4. The Bertz CT molecular complexity index is 765. The maximum absolute atomic E-state index is 12.8. The van der Waals surface area contributed by atoms with Crippen molar-refractivity contribution < 1.29 is 9.59 Å². The van der Waals surface area contributed by atoms with Crippen molar-refractivity contribution in [3.8, 4) is 0 Å². The van der Waals surface area contributed by atoms with E-state index in [1.807, 2.05) is 4.90 Å². The normalized spacial score (nSPS) is 19.4. The Hall–Kier alpha value is -2.44. The Balaban J connectivity index is 1.45. The molecule has 7 heteroatoms. The van der Waals surface area contributed by atoms with E-state index in [0.717, 1.165) is 6.54 Å². The van der Waals surface area contributed by atoms with Gasteiger partial charge in [-0.3, -0.25) is 9.59 Å². The molecule has 4 rings (SSSR count). The fourth-order valence-electron chi connectivity index (χ4n) is 3.79. The number of piperazine rings is 1. The van der Waals surface area contributed by atoms with Gasteiger partial charge in [0.2, 0.25) is 5.91 Å². The van der Waals surface area contributed by atoms with Crippen molar-refractivity contribution in [1.82, 2.24) is 25.2 Å². The molecule has 2 fully saturated rings. The van der Waals surface area contributed by atoms with Crippen LogP contribution in [0.15, 0.2) is 18.2 Å². The van der Waals surface area contributed by atoms with Crippen LogP contribution in [0.2, 0.25) is 0 Å². The summed E-state index contributed by atoms with van der Waals surface area (Å²) in [6, 6.07) is 5.33. The number of aromatic amines is 1. The Kier molecular flexibility index (Phi) is 3.92. The molecule has 1 aliphatic carbocycles. The van der Waals surface area contributed by atoms with Crippen molar-refractivity contribution >= 4 is 22.8 Å². The molecule has 0 atom stereocenters. The maximum atomic E-state index is 12.8. The zero-order chi connectivity index (χ0) is 16.5. The van der Waals surface area contributed by atoms with Gasteiger partial charge in [-0.1, -0.05) is 18.9 Å². The summed E-state index contributed by atoms with van der Waals surface area (Å²) in [4.78, 5) is 28.8. The second-order valence-corrected chi connectivity index (χ2v) is 6.71. The number of hydrogen-bond acceptors (Lipinski definition) is 4. The monoisotopic (exact) mass is 327 g/mol. The molecule has 2 aliphatic rings. The number of carbonyl (C=O) groups is 2. The van der Waals surface area contributed by atoms with Crippen LogP contribution in [0, 0.1) is 5.92 Å². The van der Waals surface area contributed by atoms with Crippen LogP contribution in [-0.4, -0.2) is 63.2 Å². The van der Waals surface area contributed by atoms with Crippen molar-refractivity contribution in [2.75, 3.05) is 26.2 Å². The van der Waals surface area contributed by atoms with Crippen LogP contribution in [0.4, 0.5) is 0 Å². The van der Waals surface area contributed by atoms with Gasteiger partial charge in [0.15, 0.2) is 0 Å². The van der Waals surface area contributed by atoms with Crippen LogP contribution in [0.25, 0.3) is 11.0 Å². The number of carbonyl (C=O) groups excluding carboxylic acids is 2. The molecular weight excluding hydrogens is 306 g/mol. The predicted molar refractivity (Wildman–Crippen MR) is 88.3 cm³/mol. The van der Waals surface area contributed by atoms with Gasteiger partial charge in [-0.2, -0.15) is 15.4 Å². The second kappa shape index (κ2) is 6.22. The van der Waals surface area contributed by atoms with Crippen molar-refractivity contribution in [2.24, 2.45) is 5.92 Å². The smallest absolute Gasteiger partial charge is 0.256 e. The molecule has 1 N–H and O–H groups in total. The first kappa shape index (κ1) is 15.1. The van der Waals surface area contributed by atoms with Crippen LogP contribution in [0.5, 0.6) is 0 Å². The summed E-state index contributed by atoms with van der Waals surface area (Å²) in [6.45, 7) is 2.20. The minimum Gasteiger partial charge on any atom is -0.339 e. The summed E-state index contributed by atoms with van der Waals surface area (Å²) in [5.41, 5.74) is 1.72. The number of aromatic nitrogens is 3. The van der Waals surface area contributed by atoms with Crippen molar-refractivity contribution in [2.45, 2.75) is 25.7 Å². The lowest BCUT2D eigenvalue weighted by Crippen LogP contribution is -2.53. The molecule has 2 heterocycles. The van der Waals surface area contributed by atoms with Crippen molar-refractivity contribution in [3.05, 3.63) is 23.8 Å². The molecule has 1 aromatic carbocycles. The molecule has 1 saturated heterocycles. The number of H-pyrrole nitrogens is 1. The number of amides is 2. The van der Waals surface area contributed by atoms with E-state index in [0.29, 0.717) is 35.6 Å². The SMILES string of the molecule is O=C1CN(C(=O)c2cccc3n[nH]nc23)CCN1CC1CCCC1. The van der Waals surface area contributed by atoms with Gasteiger partial charge in [-0.15, -0.1) is 0 Å². The standard InChI is InChI=1S/C17H21N5O2/c23-15-11-22(9-8-21(15)10-12-4-1-2-5-12)17(24)13-6-3-7-14-16(13)19-20-18-14/h3,6-7,12H,1-2,4-5,8-11H2,(H,18,19,20). The van der Waals surface area contributed by atoms with Gasteiger partial charge in [0, 0.05) is 19.6 Å². The van der Waals surface area contributed by atoms with Crippen LogP contribution >= 0.6 is 0 Å². The van der Waals surface area contributed by atoms with Gasteiger partial charge in [-0.25, -0.2) is 0 Å². The minimum atomic E-state index is -0.150. The van der Waals surface area contributed by atoms with Crippen LogP contribution < -0.4 is 0 Å². The van der Waals surface area contributed by atoms with Gasteiger partial charge in [0.25, 0.3) is 5.91 Å². The predicted octanol–water partition coefficient (Wildman–Crippen LogP) is 1.43. The van der Waals surface area contributed by atoms with Crippen LogP contribution in [0.1, 0.15) is 36.0 Å². The summed E-state index contributed by atoms with van der Waals surface area (Å²) in [7, 11) is 0. The highest BCUT2D eigenvalue weighted by molar-refractivity contribution is 6.05. The third-order valence-corrected chi connectivity index (χ3v) is 5.14. The highest BCUT2D eigenvalue weighted by Crippen LogP contribution is 2.26. The highest BCUT2D eigenvalue weighted by atomic mass is 16.2. The number of fused-ring (bicyclic) bond motifs is 1. The molecule has 1 aromatic heterocycles. The lowest BCUT2D eigenvalue weighted by Gasteiger charge is -2.35. The van der Waals surface area contributed by atoms with Gasteiger partial charge in [0.05, 0.1) is 5.56 Å². The van der Waals surface area contributed by atoms with Gasteiger partial charge < -0.3 is 9.80 Å². The summed E-state index contributed by atoms with van der Waals surface area (Å²) in [6.07, 6.45) is 5.00. The topological polar surface area (TPSA) is 82.2 Å². The molecule has 24 heavy (non-hydrogen) atoms. The zero-order valence-electron chi connectivity index (χ0n) is 13.6. The van der Waals surface area contributed by atoms with E-state index < -0.39 is 0 Å². The summed E-state index contributed by atoms with van der Waals surface area (Å²) >= 11 is 0. The molecule has 2 amide bonds. The molecule has 7 nitrogen and oxygen atoms in total. The van der Waals surface area contributed by atoms with Crippen LogP contribution in [-0.2, 0) is 4.79 Å². The summed E-state index contributed by atoms with van der Waals surface area (Å²) < 4.78 is 0. The van der Waals surface area contributed by atoms with Crippen LogP contribution in [0.3, 0.4) is 0 Å². The van der Waals surface area contributed by atoms with E-state index in [2.05, 4.69) is 15.4 Å². The number of benzene rings is 1. The molecule has 0 spiro atoms. The van der Waals surface area contributed by atoms with E-state index in [1.54, 1.807) is 23.1 Å². The molecular formula is C17H21N5O2. The van der Waals surface area contributed by atoms with Gasteiger partial charge >= 0.3 is 0 Å². The molecule has 1 aliphatic heterocycles. The number of rotatable bonds is 3. The Morgan fingerprint density at radius 1 is 1.21 bits per heavy atom. The minimum absolute atomic E-state index is 0.0498. The first-order chi connectivity index (χ1) is 11.7.